The molecule has 0 radical (unpaired) electrons. The van der Waals surface area contributed by atoms with Gasteiger partial charge in [-0.1, -0.05) is 12.8 Å². The van der Waals surface area contributed by atoms with E-state index >= 15 is 0 Å². The Hall–Kier alpha value is -0.540. The van der Waals surface area contributed by atoms with Crippen molar-refractivity contribution in [2.45, 2.75) is 44.6 Å². The van der Waals surface area contributed by atoms with Gasteiger partial charge in [-0.15, -0.1) is 12.4 Å². The lowest BCUT2D eigenvalue weighted by Crippen LogP contribution is -2.27. The van der Waals surface area contributed by atoms with E-state index in [4.69, 9.17) is 0 Å². The van der Waals surface area contributed by atoms with Crippen LogP contribution < -0.4 is 5.32 Å². The summed E-state index contributed by atoms with van der Waals surface area (Å²) >= 11 is 0. The molecule has 3 nitrogen and oxygen atoms in total. The van der Waals surface area contributed by atoms with Crippen LogP contribution in [0, 0.1) is 0 Å². The first-order valence-corrected chi connectivity index (χ1v) is 6.05. The summed E-state index contributed by atoms with van der Waals surface area (Å²) in [5.41, 5.74) is 1.35. The van der Waals surface area contributed by atoms with Crippen molar-refractivity contribution in [3.63, 3.8) is 0 Å². The van der Waals surface area contributed by atoms with Crippen molar-refractivity contribution in [2.75, 3.05) is 6.54 Å². The first-order valence-electron chi connectivity index (χ1n) is 6.05. The van der Waals surface area contributed by atoms with Gasteiger partial charge in [0.25, 0.3) is 0 Å². The molecule has 1 aliphatic carbocycles. The van der Waals surface area contributed by atoms with Gasteiger partial charge in [-0.2, -0.15) is 5.10 Å². The molecule has 4 heteroatoms. The average molecular weight is 244 g/mol. The Kier molecular flexibility index (Phi) is 5.85. The molecule has 92 valence electrons. The molecule has 1 saturated carbocycles. The Balaban J connectivity index is 0.00000128. The van der Waals surface area contributed by atoms with E-state index < -0.39 is 0 Å². The Bertz CT molecular complexity index is 292. The van der Waals surface area contributed by atoms with Gasteiger partial charge in [0.15, 0.2) is 0 Å². The number of hydrogen-bond acceptors (Lipinski definition) is 2. The van der Waals surface area contributed by atoms with Crippen LogP contribution in [-0.2, 0) is 13.5 Å². The third-order valence-electron chi connectivity index (χ3n) is 3.19. The first kappa shape index (κ1) is 13.5. The quantitative estimate of drug-likeness (QED) is 0.805. The van der Waals surface area contributed by atoms with Crippen LogP contribution in [0.2, 0.25) is 0 Å². The minimum atomic E-state index is 0. The van der Waals surface area contributed by atoms with Crippen molar-refractivity contribution in [1.29, 1.82) is 0 Å². The Morgan fingerprint density at radius 2 is 2.19 bits per heavy atom. The van der Waals surface area contributed by atoms with Crippen molar-refractivity contribution in [3.05, 3.63) is 18.0 Å². The number of rotatable bonds is 5. The molecule has 1 heterocycles. The maximum atomic E-state index is 4.17. The van der Waals surface area contributed by atoms with Crippen LogP contribution >= 0.6 is 12.4 Å². The SMILES string of the molecule is Cl.Cn1cc(CCCNC2CCCC2)cn1. The van der Waals surface area contributed by atoms with Crippen LogP contribution in [0.15, 0.2) is 12.4 Å². The molecule has 0 spiro atoms. The van der Waals surface area contributed by atoms with Crippen LogP contribution in [0.4, 0.5) is 0 Å². The second-order valence-electron chi connectivity index (χ2n) is 4.56. The third kappa shape index (κ3) is 4.14. The summed E-state index contributed by atoms with van der Waals surface area (Å²) in [7, 11) is 1.97. The predicted molar refractivity (Wildman–Crippen MR) is 69.0 cm³/mol. The summed E-state index contributed by atoms with van der Waals surface area (Å²) in [6.07, 6.45) is 12.0. The maximum absolute atomic E-state index is 4.17. The number of nitrogens with zero attached hydrogens (tertiary/aromatic N) is 2. The molecule has 2 rings (SSSR count). The molecular formula is C12H22ClN3. The normalized spacial score (nSPS) is 16.3. The summed E-state index contributed by atoms with van der Waals surface area (Å²) in [5, 5.41) is 7.80. The molecule has 0 amide bonds. The van der Waals surface area contributed by atoms with Crippen LogP contribution in [0.5, 0.6) is 0 Å². The molecule has 1 aliphatic rings. The molecule has 0 saturated heterocycles. The van der Waals surface area contributed by atoms with Crippen LogP contribution in [-0.4, -0.2) is 22.4 Å². The van der Waals surface area contributed by atoms with Crippen molar-refractivity contribution in [1.82, 2.24) is 15.1 Å². The largest absolute Gasteiger partial charge is 0.314 e. The minimum Gasteiger partial charge on any atom is -0.314 e. The fraction of sp³-hybridized carbons (Fsp3) is 0.750. The topological polar surface area (TPSA) is 29.9 Å². The van der Waals surface area contributed by atoms with E-state index in [9.17, 15) is 0 Å². The Labute approximate surface area is 104 Å². The molecule has 1 N–H and O–H groups in total. The molecule has 1 fully saturated rings. The zero-order valence-electron chi connectivity index (χ0n) is 9.98. The number of nitrogens with one attached hydrogen (secondary N) is 1. The Morgan fingerprint density at radius 1 is 1.44 bits per heavy atom. The summed E-state index contributed by atoms with van der Waals surface area (Å²) in [6.45, 7) is 1.15. The van der Waals surface area contributed by atoms with Crippen LogP contribution in [0.1, 0.15) is 37.7 Å². The van der Waals surface area contributed by atoms with Gasteiger partial charge >= 0.3 is 0 Å². The standard InChI is InChI=1S/C12H21N3.ClH/c1-15-10-11(9-14-15)5-4-8-13-12-6-2-3-7-12;/h9-10,12-13H,2-8H2,1H3;1H. The smallest absolute Gasteiger partial charge is 0.0521 e. The molecule has 0 atom stereocenters. The van der Waals surface area contributed by atoms with Gasteiger partial charge in [-0.3, -0.25) is 4.68 Å². The molecule has 1 aromatic rings. The van der Waals surface area contributed by atoms with Gasteiger partial charge in [0, 0.05) is 19.3 Å². The highest BCUT2D eigenvalue weighted by atomic mass is 35.5. The molecule has 0 aromatic carbocycles. The maximum Gasteiger partial charge on any atom is 0.0521 e. The first-order chi connectivity index (χ1) is 7.34. The van der Waals surface area contributed by atoms with E-state index in [1.54, 1.807) is 0 Å². The van der Waals surface area contributed by atoms with Gasteiger partial charge in [0.2, 0.25) is 0 Å². The molecular weight excluding hydrogens is 222 g/mol. The van der Waals surface area contributed by atoms with Gasteiger partial charge in [0.05, 0.1) is 6.20 Å². The predicted octanol–water partition coefficient (Wildman–Crippen LogP) is 2.31. The lowest BCUT2D eigenvalue weighted by Gasteiger charge is -2.10. The number of aromatic nitrogens is 2. The fourth-order valence-electron chi connectivity index (χ4n) is 2.33. The van der Waals surface area contributed by atoms with Gasteiger partial charge < -0.3 is 5.32 Å². The third-order valence-corrected chi connectivity index (χ3v) is 3.19. The second-order valence-corrected chi connectivity index (χ2v) is 4.56. The van der Waals surface area contributed by atoms with Gasteiger partial charge in [0.1, 0.15) is 0 Å². The summed E-state index contributed by atoms with van der Waals surface area (Å²) in [4.78, 5) is 0. The second kappa shape index (κ2) is 6.92. The molecule has 1 aromatic heterocycles. The lowest BCUT2D eigenvalue weighted by molar-refractivity contribution is 0.515. The van der Waals surface area contributed by atoms with Crippen LogP contribution in [0.3, 0.4) is 0 Å². The summed E-state index contributed by atoms with van der Waals surface area (Å²) in [5.74, 6) is 0. The van der Waals surface area contributed by atoms with Gasteiger partial charge in [-0.05, 0) is 37.8 Å². The van der Waals surface area contributed by atoms with Crippen molar-refractivity contribution >= 4 is 12.4 Å². The fourth-order valence-corrected chi connectivity index (χ4v) is 2.33. The van der Waals surface area contributed by atoms with Gasteiger partial charge in [-0.25, -0.2) is 0 Å². The molecule has 0 aliphatic heterocycles. The van der Waals surface area contributed by atoms with E-state index in [-0.39, 0.29) is 12.4 Å². The monoisotopic (exact) mass is 243 g/mol. The lowest BCUT2D eigenvalue weighted by atomic mass is 10.2. The van der Waals surface area contributed by atoms with E-state index in [0.717, 1.165) is 19.0 Å². The number of halogens is 1. The number of hydrogen-bond donors (Lipinski definition) is 1. The number of aryl methyl sites for hydroxylation is 2. The molecule has 0 unspecified atom stereocenters. The van der Waals surface area contributed by atoms with E-state index in [0.29, 0.717) is 0 Å². The summed E-state index contributed by atoms with van der Waals surface area (Å²) in [6, 6.07) is 0.805. The minimum absolute atomic E-state index is 0. The van der Waals surface area contributed by atoms with E-state index in [1.165, 1.54) is 37.7 Å². The molecule has 16 heavy (non-hydrogen) atoms. The zero-order valence-corrected chi connectivity index (χ0v) is 10.8. The highest BCUT2D eigenvalue weighted by Gasteiger charge is 2.13. The Morgan fingerprint density at radius 3 is 2.81 bits per heavy atom. The van der Waals surface area contributed by atoms with E-state index in [1.807, 2.05) is 17.9 Å². The zero-order chi connectivity index (χ0) is 10.5. The van der Waals surface area contributed by atoms with Crippen molar-refractivity contribution in [3.8, 4) is 0 Å². The van der Waals surface area contributed by atoms with Crippen LogP contribution in [0.25, 0.3) is 0 Å². The highest BCUT2D eigenvalue weighted by Crippen LogP contribution is 2.17. The average Bonchev–Trinajstić information content (AvgIpc) is 2.84. The summed E-state index contributed by atoms with van der Waals surface area (Å²) < 4.78 is 1.87. The highest BCUT2D eigenvalue weighted by molar-refractivity contribution is 5.85. The van der Waals surface area contributed by atoms with Crippen molar-refractivity contribution < 1.29 is 0 Å². The van der Waals surface area contributed by atoms with Crippen molar-refractivity contribution in [2.24, 2.45) is 7.05 Å². The van der Waals surface area contributed by atoms with E-state index in [2.05, 4.69) is 16.6 Å². The molecule has 0 bridgehead atoms.